The molecular weight excluding hydrogens is 626 g/mol. The highest BCUT2D eigenvalue weighted by Crippen LogP contribution is 2.54. The summed E-state index contributed by atoms with van der Waals surface area (Å²) in [6, 6.07) is 19.6. The highest BCUT2D eigenvalue weighted by atomic mass is 35.5. The summed E-state index contributed by atoms with van der Waals surface area (Å²) in [5.41, 5.74) is 1.08. The molecule has 1 aliphatic heterocycles. The number of carbonyl (C=O) groups is 2. The number of benzene rings is 3. The minimum atomic E-state index is -2.62. The molecule has 5 atom stereocenters. The fraction of sp³-hybridized carbons (Fsp3) is 0.394. The minimum Gasteiger partial charge on any atom is -0.760 e. The van der Waals surface area contributed by atoms with Crippen LogP contribution < -0.4 is 0 Å². The molecule has 1 saturated heterocycles. The second kappa shape index (κ2) is 13.7. The van der Waals surface area contributed by atoms with Crippen molar-refractivity contribution in [2.75, 3.05) is 13.1 Å². The lowest BCUT2D eigenvalue weighted by Gasteiger charge is -2.52. The van der Waals surface area contributed by atoms with Crippen molar-refractivity contribution in [1.82, 2.24) is 9.21 Å². The molecule has 5 rings (SSSR count). The molecule has 0 radical (unpaired) electrons. The van der Waals surface area contributed by atoms with Gasteiger partial charge in [-0.3, -0.25) is 13.8 Å². The Morgan fingerprint density at radius 1 is 1.09 bits per heavy atom. The van der Waals surface area contributed by atoms with Crippen LogP contribution in [0.15, 0.2) is 72.8 Å². The molecular formula is C33H34Cl2FN2O5S-. The zero-order valence-corrected chi connectivity index (χ0v) is 26.5. The van der Waals surface area contributed by atoms with Crippen molar-refractivity contribution in [3.8, 4) is 0 Å². The van der Waals surface area contributed by atoms with Crippen LogP contribution in [-0.4, -0.2) is 54.1 Å². The summed E-state index contributed by atoms with van der Waals surface area (Å²) in [4.78, 5) is 28.5. The van der Waals surface area contributed by atoms with Crippen LogP contribution in [0.4, 0.5) is 4.39 Å². The van der Waals surface area contributed by atoms with E-state index >= 15 is 0 Å². The van der Waals surface area contributed by atoms with Crippen molar-refractivity contribution in [1.29, 1.82) is 0 Å². The number of rotatable bonds is 12. The average Bonchev–Trinajstić information content (AvgIpc) is 3.80. The third-order valence-corrected chi connectivity index (χ3v) is 10.0. The van der Waals surface area contributed by atoms with Gasteiger partial charge in [0.1, 0.15) is 5.82 Å². The van der Waals surface area contributed by atoms with E-state index in [1.807, 2.05) is 30.3 Å². The van der Waals surface area contributed by atoms with Crippen molar-refractivity contribution in [3.05, 3.63) is 105 Å². The quantitative estimate of drug-likeness (QED) is 0.216. The van der Waals surface area contributed by atoms with Crippen molar-refractivity contribution < 1.29 is 27.8 Å². The number of carboxylic acids is 1. The molecule has 7 nitrogen and oxygen atoms in total. The third kappa shape index (κ3) is 7.51. The molecule has 0 spiro atoms. The van der Waals surface area contributed by atoms with Gasteiger partial charge in [-0.25, -0.2) is 8.70 Å². The Kier molecular flexibility index (Phi) is 10.1. The molecule has 2 aliphatic rings. The first kappa shape index (κ1) is 32.6. The highest BCUT2D eigenvalue weighted by Gasteiger charge is 2.54. The summed E-state index contributed by atoms with van der Waals surface area (Å²) in [7, 11) is 0. The van der Waals surface area contributed by atoms with Crippen LogP contribution in [0.25, 0.3) is 0 Å². The Hall–Kier alpha value is -2.82. The van der Waals surface area contributed by atoms with E-state index in [1.54, 1.807) is 42.2 Å². The zero-order valence-electron chi connectivity index (χ0n) is 24.2. The second-order valence-electron chi connectivity index (χ2n) is 12.1. The van der Waals surface area contributed by atoms with Crippen LogP contribution in [0.1, 0.15) is 61.3 Å². The SMILES string of the molecule is C[C@]1(CC(=O)O)C[C@H](c2cccc(Cl)c2)[C@@H](c2ccc(Cl)cc2)N([C@H](CN(CCc2cccc(F)c2)S(=O)[O-])C2CC2)C1=O. The normalized spacial score (nSPS) is 23.5. The Morgan fingerprint density at radius 2 is 1.80 bits per heavy atom. The van der Waals surface area contributed by atoms with E-state index in [0.717, 1.165) is 24.0 Å². The molecule has 3 aromatic rings. The number of hydrogen-bond acceptors (Lipinski definition) is 4. The molecule has 44 heavy (non-hydrogen) atoms. The first-order valence-corrected chi connectivity index (χ1v) is 16.4. The van der Waals surface area contributed by atoms with Gasteiger partial charge >= 0.3 is 5.97 Å². The number of likely N-dealkylation sites (tertiary alicyclic amines) is 1. The molecule has 1 aliphatic carbocycles. The lowest BCUT2D eigenvalue weighted by molar-refractivity contribution is -0.161. The number of hydrogen-bond donors (Lipinski definition) is 1. The summed E-state index contributed by atoms with van der Waals surface area (Å²) in [5, 5.41) is 10.9. The maximum absolute atomic E-state index is 14.6. The molecule has 1 N–H and O–H groups in total. The van der Waals surface area contributed by atoms with Gasteiger partial charge in [-0.05, 0) is 84.7 Å². The Bertz CT molecular complexity index is 1540. The van der Waals surface area contributed by atoms with Gasteiger partial charge in [0.05, 0.1) is 17.9 Å². The topological polar surface area (TPSA) is 101 Å². The summed E-state index contributed by atoms with van der Waals surface area (Å²) in [5.74, 6) is -2.12. The first-order valence-electron chi connectivity index (χ1n) is 14.6. The van der Waals surface area contributed by atoms with E-state index < -0.39 is 40.6 Å². The summed E-state index contributed by atoms with van der Waals surface area (Å²) in [6.45, 7) is 1.81. The molecule has 234 valence electrons. The van der Waals surface area contributed by atoms with E-state index in [1.165, 1.54) is 16.4 Å². The second-order valence-corrected chi connectivity index (χ2v) is 13.9. The van der Waals surface area contributed by atoms with E-state index in [-0.39, 0.29) is 43.7 Å². The predicted octanol–water partition coefficient (Wildman–Crippen LogP) is 6.79. The lowest BCUT2D eigenvalue weighted by Crippen LogP contribution is -2.59. The molecule has 1 amide bonds. The van der Waals surface area contributed by atoms with Crippen LogP contribution in [0, 0.1) is 17.2 Å². The number of aliphatic carboxylic acids is 1. The van der Waals surface area contributed by atoms with Crippen LogP contribution in [-0.2, 0) is 27.3 Å². The van der Waals surface area contributed by atoms with Crippen LogP contribution >= 0.6 is 23.2 Å². The molecule has 1 saturated carbocycles. The van der Waals surface area contributed by atoms with E-state index in [9.17, 15) is 27.8 Å². The number of amides is 1. The molecule has 11 heteroatoms. The Labute approximate surface area is 269 Å². The summed E-state index contributed by atoms with van der Waals surface area (Å²) >= 11 is 10.1. The fourth-order valence-electron chi connectivity index (χ4n) is 6.57. The van der Waals surface area contributed by atoms with Gasteiger partial charge in [-0.15, -0.1) is 0 Å². The number of carboxylic acid groups (broad SMARTS) is 1. The summed E-state index contributed by atoms with van der Waals surface area (Å²) < 4.78 is 40.2. The number of piperidine rings is 1. The van der Waals surface area contributed by atoms with Gasteiger partial charge in [0, 0.05) is 46.4 Å². The highest BCUT2D eigenvalue weighted by molar-refractivity contribution is 7.76. The average molecular weight is 661 g/mol. The van der Waals surface area contributed by atoms with Gasteiger partial charge in [0.15, 0.2) is 0 Å². The van der Waals surface area contributed by atoms with Crippen molar-refractivity contribution >= 4 is 46.3 Å². The standard InChI is InChI=1S/C33H35Cl2FN2O5S/c1-33(19-30(39)40)18-28(24-5-3-6-26(35)17-24)31(23-10-12-25(34)13-11-23)38(32(33)41)29(22-8-9-22)20-37(44(42)43)15-14-21-4-2-7-27(36)16-21/h2-7,10-13,16-17,22,28-29,31H,8-9,14-15,18-20H2,1H3,(H,39,40)(H,42,43)/p-1/t28-,29-,31-,33-/m1/s1. The minimum absolute atomic E-state index is 0.0251. The van der Waals surface area contributed by atoms with E-state index in [4.69, 9.17) is 23.2 Å². The van der Waals surface area contributed by atoms with Crippen LogP contribution in [0.5, 0.6) is 0 Å². The zero-order chi connectivity index (χ0) is 31.6. The number of nitrogens with zero attached hydrogens (tertiary/aromatic N) is 2. The van der Waals surface area contributed by atoms with Gasteiger partial charge in [0.25, 0.3) is 0 Å². The fourth-order valence-corrected chi connectivity index (χ4v) is 7.41. The van der Waals surface area contributed by atoms with Crippen LogP contribution in [0.2, 0.25) is 10.0 Å². The number of halogens is 3. The molecule has 0 bridgehead atoms. The molecule has 2 fully saturated rings. The lowest BCUT2D eigenvalue weighted by atomic mass is 9.67. The van der Waals surface area contributed by atoms with Crippen molar-refractivity contribution in [2.45, 2.75) is 57.0 Å². The van der Waals surface area contributed by atoms with Crippen molar-refractivity contribution in [2.24, 2.45) is 11.3 Å². The monoisotopic (exact) mass is 659 g/mol. The van der Waals surface area contributed by atoms with Crippen molar-refractivity contribution in [3.63, 3.8) is 0 Å². The van der Waals surface area contributed by atoms with Gasteiger partial charge in [-0.2, -0.15) is 0 Å². The third-order valence-electron chi connectivity index (χ3n) is 8.80. The predicted molar refractivity (Wildman–Crippen MR) is 167 cm³/mol. The van der Waals surface area contributed by atoms with Gasteiger partial charge in [0.2, 0.25) is 5.91 Å². The van der Waals surface area contributed by atoms with Crippen LogP contribution in [0.3, 0.4) is 0 Å². The molecule has 0 aromatic heterocycles. The smallest absolute Gasteiger partial charge is 0.304 e. The maximum Gasteiger partial charge on any atom is 0.304 e. The van der Waals surface area contributed by atoms with E-state index in [0.29, 0.717) is 22.0 Å². The van der Waals surface area contributed by atoms with E-state index in [2.05, 4.69) is 0 Å². The molecule has 3 aromatic carbocycles. The largest absolute Gasteiger partial charge is 0.760 e. The first-order chi connectivity index (χ1) is 20.9. The molecule has 1 unspecified atom stereocenters. The maximum atomic E-state index is 14.6. The summed E-state index contributed by atoms with van der Waals surface area (Å²) in [6.07, 6.45) is 1.79. The Balaban J connectivity index is 1.59. The molecule has 1 heterocycles. The van der Waals surface area contributed by atoms with Gasteiger partial charge in [-0.1, -0.05) is 66.5 Å². The number of carbonyl (C=O) groups excluding carboxylic acids is 1. The Morgan fingerprint density at radius 3 is 2.41 bits per heavy atom. The van der Waals surface area contributed by atoms with Gasteiger partial charge < -0.3 is 14.6 Å².